The Morgan fingerprint density at radius 1 is 1.26 bits per heavy atom. The summed E-state index contributed by atoms with van der Waals surface area (Å²) >= 11 is 0. The van der Waals surface area contributed by atoms with Crippen molar-refractivity contribution in [2.75, 3.05) is 4.90 Å². The molecule has 3 rings (SSSR count). The summed E-state index contributed by atoms with van der Waals surface area (Å²) in [4.78, 5) is 24.7. The summed E-state index contributed by atoms with van der Waals surface area (Å²) in [5.41, 5.74) is 6.05. The highest BCUT2D eigenvalue weighted by molar-refractivity contribution is 6.22. The molecular formula is C13H14N2O4. The normalized spacial score (nSPS) is 24.2. The number of carbonyl (C=O) groups excluding carboxylic acids is 2. The van der Waals surface area contributed by atoms with E-state index in [2.05, 4.69) is 0 Å². The number of nitrogens with two attached hydrogens (primary N) is 1. The first-order valence-corrected chi connectivity index (χ1v) is 6.02. The van der Waals surface area contributed by atoms with Gasteiger partial charge in [0.15, 0.2) is 11.5 Å². The predicted molar refractivity (Wildman–Crippen MR) is 66.9 cm³/mol. The van der Waals surface area contributed by atoms with E-state index in [1.807, 2.05) is 0 Å². The molecular weight excluding hydrogens is 248 g/mol. The van der Waals surface area contributed by atoms with Crippen LogP contribution in [0.4, 0.5) is 5.69 Å². The van der Waals surface area contributed by atoms with E-state index in [4.69, 9.17) is 15.2 Å². The number of imide groups is 1. The first-order valence-electron chi connectivity index (χ1n) is 6.02. The van der Waals surface area contributed by atoms with Gasteiger partial charge >= 0.3 is 0 Å². The van der Waals surface area contributed by atoms with E-state index < -0.39 is 11.8 Å². The molecule has 0 bridgehead atoms. The lowest BCUT2D eigenvalue weighted by molar-refractivity contribution is -0.121. The number of amides is 2. The maximum absolute atomic E-state index is 11.9. The molecule has 1 atom stereocenters. The van der Waals surface area contributed by atoms with Crippen molar-refractivity contribution in [2.45, 2.75) is 32.1 Å². The molecule has 2 aliphatic heterocycles. The molecule has 0 spiro atoms. The standard InChI is InChI=1S/C13H14N2O4/c1-13(2)18-9-4-3-7(5-10(9)19-13)15-11(16)6-8(14)12(15)17/h3-5,8H,6,14H2,1-2H3/t8-/m0/s1. The van der Waals surface area contributed by atoms with Crippen molar-refractivity contribution in [3.05, 3.63) is 18.2 Å². The lowest BCUT2D eigenvalue weighted by atomic mass is 10.2. The Morgan fingerprint density at radius 2 is 1.95 bits per heavy atom. The van der Waals surface area contributed by atoms with Crippen LogP contribution in [0.5, 0.6) is 11.5 Å². The van der Waals surface area contributed by atoms with E-state index in [9.17, 15) is 9.59 Å². The monoisotopic (exact) mass is 262 g/mol. The summed E-state index contributed by atoms with van der Waals surface area (Å²) in [5, 5.41) is 0. The molecule has 1 aromatic rings. The second-order valence-electron chi connectivity index (χ2n) is 5.11. The van der Waals surface area contributed by atoms with Crippen LogP contribution in [0.3, 0.4) is 0 Å². The van der Waals surface area contributed by atoms with Crippen molar-refractivity contribution in [2.24, 2.45) is 5.73 Å². The van der Waals surface area contributed by atoms with E-state index in [0.717, 1.165) is 4.90 Å². The highest BCUT2D eigenvalue weighted by atomic mass is 16.7. The minimum atomic E-state index is -0.755. The van der Waals surface area contributed by atoms with Gasteiger partial charge in [0.2, 0.25) is 11.7 Å². The number of nitrogens with zero attached hydrogens (tertiary/aromatic N) is 1. The second kappa shape index (κ2) is 3.71. The molecule has 6 heteroatoms. The number of carbonyl (C=O) groups is 2. The van der Waals surface area contributed by atoms with Crippen LogP contribution in [0, 0.1) is 0 Å². The average Bonchev–Trinajstić information content (AvgIpc) is 2.74. The number of benzene rings is 1. The molecule has 0 saturated carbocycles. The quantitative estimate of drug-likeness (QED) is 0.756. The molecule has 6 nitrogen and oxygen atoms in total. The van der Waals surface area contributed by atoms with Crippen LogP contribution in [-0.2, 0) is 9.59 Å². The van der Waals surface area contributed by atoms with Crippen molar-refractivity contribution < 1.29 is 19.1 Å². The van der Waals surface area contributed by atoms with Gasteiger partial charge in [0.25, 0.3) is 5.91 Å². The van der Waals surface area contributed by atoms with Crippen molar-refractivity contribution in [1.82, 2.24) is 0 Å². The maximum Gasteiger partial charge on any atom is 0.251 e. The van der Waals surface area contributed by atoms with Gasteiger partial charge in [0, 0.05) is 19.9 Å². The largest absolute Gasteiger partial charge is 0.449 e. The number of anilines is 1. The summed E-state index contributed by atoms with van der Waals surface area (Å²) in [6.45, 7) is 3.57. The maximum atomic E-state index is 11.9. The molecule has 2 N–H and O–H groups in total. The Balaban J connectivity index is 1.97. The molecule has 0 unspecified atom stereocenters. The summed E-state index contributed by atoms with van der Waals surface area (Å²) < 4.78 is 11.1. The third kappa shape index (κ3) is 1.84. The van der Waals surface area contributed by atoms with Gasteiger partial charge in [-0.25, -0.2) is 4.90 Å². The van der Waals surface area contributed by atoms with Crippen LogP contribution in [0.15, 0.2) is 18.2 Å². The van der Waals surface area contributed by atoms with Crippen molar-refractivity contribution in [3.8, 4) is 11.5 Å². The fourth-order valence-corrected chi connectivity index (χ4v) is 2.28. The zero-order valence-electron chi connectivity index (χ0n) is 10.7. The lowest BCUT2D eigenvalue weighted by Crippen LogP contribution is -2.35. The Bertz CT molecular complexity index is 582. The minimum absolute atomic E-state index is 0.0404. The third-order valence-electron chi connectivity index (χ3n) is 3.08. The fourth-order valence-electron chi connectivity index (χ4n) is 2.28. The van der Waals surface area contributed by atoms with Crippen LogP contribution < -0.4 is 20.1 Å². The Kier molecular flexibility index (Phi) is 2.34. The number of hydrogen-bond donors (Lipinski definition) is 1. The summed E-state index contributed by atoms with van der Waals surface area (Å²) in [6, 6.07) is 4.20. The van der Waals surface area contributed by atoms with Crippen molar-refractivity contribution >= 4 is 17.5 Å². The molecule has 1 aromatic carbocycles. The average molecular weight is 262 g/mol. The van der Waals surface area contributed by atoms with E-state index >= 15 is 0 Å². The number of rotatable bonds is 1. The van der Waals surface area contributed by atoms with Gasteiger partial charge in [-0.2, -0.15) is 0 Å². The van der Waals surface area contributed by atoms with Crippen LogP contribution >= 0.6 is 0 Å². The Morgan fingerprint density at radius 3 is 2.58 bits per heavy atom. The van der Waals surface area contributed by atoms with Crippen molar-refractivity contribution in [3.63, 3.8) is 0 Å². The first-order chi connectivity index (χ1) is 8.87. The van der Waals surface area contributed by atoms with E-state index in [0.29, 0.717) is 17.2 Å². The third-order valence-corrected chi connectivity index (χ3v) is 3.08. The minimum Gasteiger partial charge on any atom is -0.449 e. The zero-order chi connectivity index (χ0) is 13.8. The Labute approximate surface area is 110 Å². The molecule has 2 heterocycles. The summed E-state index contributed by atoms with van der Waals surface area (Å²) in [5.74, 6) is -0.310. The fraction of sp³-hybridized carbons (Fsp3) is 0.385. The van der Waals surface area contributed by atoms with Gasteiger partial charge in [-0.05, 0) is 12.1 Å². The molecule has 1 fully saturated rings. The van der Waals surface area contributed by atoms with Crippen LogP contribution in [-0.4, -0.2) is 23.6 Å². The van der Waals surface area contributed by atoms with Crippen LogP contribution in [0.25, 0.3) is 0 Å². The molecule has 19 heavy (non-hydrogen) atoms. The highest BCUT2D eigenvalue weighted by Crippen LogP contribution is 2.41. The van der Waals surface area contributed by atoms with Gasteiger partial charge in [-0.3, -0.25) is 9.59 Å². The number of hydrogen-bond acceptors (Lipinski definition) is 5. The predicted octanol–water partition coefficient (Wildman–Crippen LogP) is 0.784. The van der Waals surface area contributed by atoms with Crippen LogP contribution in [0.1, 0.15) is 20.3 Å². The number of ether oxygens (including phenoxy) is 2. The van der Waals surface area contributed by atoms with E-state index in [1.165, 1.54) is 0 Å². The van der Waals surface area contributed by atoms with Crippen molar-refractivity contribution in [1.29, 1.82) is 0 Å². The lowest BCUT2D eigenvalue weighted by Gasteiger charge is -2.16. The molecule has 0 radical (unpaired) electrons. The van der Waals surface area contributed by atoms with Crippen LogP contribution in [0.2, 0.25) is 0 Å². The molecule has 0 aliphatic carbocycles. The van der Waals surface area contributed by atoms with Gasteiger partial charge in [0.05, 0.1) is 18.2 Å². The van der Waals surface area contributed by atoms with Gasteiger partial charge in [-0.15, -0.1) is 0 Å². The topological polar surface area (TPSA) is 81.9 Å². The SMILES string of the molecule is CC1(C)Oc2ccc(N3C(=O)C[C@H](N)C3=O)cc2O1. The second-order valence-corrected chi connectivity index (χ2v) is 5.11. The summed E-state index contributed by atoms with van der Waals surface area (Å²) in [6.07, 6.45) is 0.0404. The van der Waals surface area contributed by atoms with E-state index in [1.54, 1.807) is 32.0 Å². The van der Waals surface area contributed by atoms with Gasteiger partial charge in [-0.1, -0.05) is 0 Å². The van der Waals surface area contributed by atoms with Gasteiger partial charge in [0.1, 0.15) is 0 Å². The zero-order valence-corrected chi connectivity index (χ0v) is 10.7. The highest BCUT2D eigenvalue weighted by Gasteiger charge is 2.39. The molecule has 2 amide bonds. The smallest absolute Gasteiger partial charge is 0.251 e. The molecule has 100 valence electrons. The first kappa shape index (κ1) is 12.0. The molecule has 1 saturated heterocycles. The summed E-state index contributed by atoms with van der Waals surface area (Å²) in [7, 11) is 0. The molecule has 2 aliphatic rings. The molecule has 0 aromatic heterocycles. The van der Waals surface area contributed by atoms with E-state index in [-0.39, 0.29) is 18.2 Å². The Hall–Kier alpha value is -2.08. The number of fused-ring (bicyclic) bond motifs is 1. The van der Waals surface area contributed by atoms with Gasteiger partial charge < -0.3 is 15.2 Å².